The predicted octanol–water partition coefficient (Wildman–Crippen LogP) is 1.87. The Morgan fingerprint density at radius 2 is 2.21 bits per heavy atom. The van der Waals surface area contributed by atoms with Crippen LogP contribution in [0.3, 0.4) is 0 Å². The summed E-state index contributed by atoms with van der Waals surface area (Å²) in [4.78, 5) is 10.3. The summed E-state index contributed by atoms with van der Waals surface area (Å²) in [7, 11) is 0. The number of aryl methyl sites for hydroxylation is 1. The smallest absolute Gasteiger partial charge is 0.389 e. The summed E-state index contributed by atoms with van der Waals surface area (Å²) in [6.45, 7) is 0. The molecule has 0 aliphatic rings. The molecule has 1 heterocycles. The molecule has 0 spiro atoms. The molecule has 1 N–H and O–H groups in total. The predicted molar refractivity (Wildman–Crippen MR) is 37.8 cm³/mol. The lowest BCUT2D eigenvalue weighted by molar-refractivity contribution is -0.134. The molecular formula is C7H6F3NO3. The molecule has 1 rings (SSSR count). The second kappa shape index (κ2) is 3.69. The zero-order chi connectivity index (χ0) is 10.8. The molecule has 1 aromatic heterocycles. The van der Waals surface area contributed by atoms with Crippen LogP contribution in [-0.4, -0.2) is 22.4 Å². The number of carbonyl (C=O) groups is 1. The Hall–Kier alpha value is -1.53. The van der Waals surface area contributed by atoms with Crippen LogP contribution in [0, 0.1) is 0 Å². The van der Waals surface area contributed by atoms with Crippen LogP contribution in [-0.2, 0) is 6.42 Å². The minimum Gasteiger partial charge on any atom is -0.475 e. The Kier molecular flexibility index (Phi) is 2.78. The van der Waals surface area contributed by atoms with E-state index in [1.54, 1.807) is 0 Å². The minimum absolute atomic E-state index is 0.0141. The van der Waals surface area contributed by atoms with E-state index in [0.29, 0.717) is 0 Å². The number of nitrogens with zero attached hydrogens (tertiary/aromatic N) is 1. The third kappa shape index (κ3) is 3.08. The summed E-state index contributed by atoms with van der Waals surface area (Å²) in [5.74, 6) is -1.81. The van der Waals surface area contributed by atoms with Gasteiger partial charge in [0.25, 0.3) is 0 Å². The van der Waals surface area contributed by atoms with Gasteiger partial charge < -0.3 is 9.63 Å². The molecule has 7 heteroatoms. The number of hydrogen-bond acceptors (Lipinski definition) is 3. The van der Waals surface area contributed by atoms with Gasteiger partial charge >= 0.3 is 12.1 Å². The largest absolute Gasteiger partial charge is 0.475 e. The highest BCUT2D eigenvalue weighted by Gasteiger charge is 2.27. The Morgan fingerprint density at radius 1 is 1.57 bits per heavy atom. The number of halogens is 3. The van der Waals surface area contributed by atoms with Crippen molar-refractivity contribution in [2.24, 2.45) is 0 Å². The molecule has 0 aliphatic carbocycles. The van der Waals surface area contributed by atoms with Crippen LogP contribution in [0.1, 0.15) is 22.7 Å². The van der Waals surface area contributed by atoms with Gasteiger partial charge in [-0.15, -0.1) is 0 Å². The van der Waals surface area contributed by atoms with Crippen LogP contribution < -0.4 is 0 Å². The van der Waals surface area contributed by atoms with E-state index >= 15 is 0 Å². The van der Waals surface area contributed by atoms with Gasteiger partial charge in [-0.2, -0.15) is 13.2 Å². The molecule has 0 amide bonds. The van der Waals surface area contributed by atoms with Gasteiger partial charge in [-0.25, -0.2) is 4.79 Å². The first kappa shape index (κ1) is 10.6. The molecule has 0 radical (unpaired) electrons. The van der Waals surface area contributed by atoms with Gasteiger partial charge in [-0.3, -0.25) is 0 Å². The van der Waals surface area contributed by atoms with E-state index in [4.69, 9.17) is 5.11 Å². The molecule has 14 heavy (non-hydrogen) atoms. The maximum absolute atomic E-state index is 11.7. The number of carboxylic acids is 1. The van der Waals surface area contributed by atoms with Crippen LogP contribution in [0.5, 0.6) is 0 Å². The van der Waals surface area contributed by atoms with Gasteiger partial charge in [0.2, 0.25) is 5.76 Å². The molecule has 0 aromatic carbocycles. The third-order valence-electron chi connectivity index (χ3n) is 1.43. The fourth-order valence-electron chi connectivity index (χ4n) is 0.800. The van der Waals surface area contributed by atoms with Crippen LogP contribution in [0.2, 0.25) is 0 Å². The summed E-state index contributed by atoms with van der Waals surface area (Å²) in [5, 5.41) is 11.6. The van der Waals surface area contributed by atoms with Crippen molar-refractivity contribution in [3.8, 4) is 0 Å². The molecule has 0 aliphatic heterocycles. The number of aromatic nitrogens is 1. The average Bonchev–Trinajstić information content (AvgIpc) is 2.47. The summed E-state index contributed by atoms with van der Waals surface area (Å²) in [6.07, 6.45) is -5.69. The number of hydrogen-bond donors (Lipinski definition) is 1. The van der Waals surface area contributed by atoms with Gasteiger partial charge in [0, 0.05) is 18.9 Å². The Bertz CT molecular complexity index is 331. The van der Waals surface area contributed by atoms with Crippen LogP contribution >= 0.6 is 0 Å². The van der Waals surface area contributed by atoms with Crippen molar-refractivity contribution in [1.29, 1.82) is 0 Å². The van der Waals surface area contributed by atoms with Crippen molar-refractivity contribution in [2.75, 3.05) is 0 Å². The van der Waals surface area contributed by atoms with Crippen LogP contribution in [0.4, 0.5) is 13.2 Å². The first-order chi connectivity index (χ1) is 6.38. The van der Waals surface area contributed by atoms with Crippen molar-refractivity contribution in [3.05, 3.63) is 17.5 Å². The highest BCUT2D eigenvalue weighted by molar-refractivity contribution is 5.84. The fourth-order valence-corrected chi connectivity index (χ4v) is 0.800. The lowest BCUT2D eigenvalue weighted by atomic mass is 10.2. The molecule has 0 atom stereocenters. The van der Waals surface area contributed by atoms with Crippen molar-refractivity contribution in [3.63, 3.8) is 0 Å². The van der Waals surface area contributed by atoms with E-state index in [1.165, 1.54) is 0 Å². The van der Waals surface area contributed by atoms with Crippen LogP contribution in [0.25, 0.3) is 0 Å². The number of rotatable bonds is 3. The molecule has 4 nitrogen and oxygen atoms in total. The van der Waals surface area contributed by atoms with Crippen LogP contribution in [0.15, 0.2) is 10.6 Å². The van der Waals surface area contributed by atoms with E-state index in [-0.39, 0.29) is 12.1 Å². The normalized spacial score (nSPS) is 11.6. The van der Waals surface area contributed by atoms with Gasteiger partial charge in [0.1, 0.15) is 0 Å². The molecule has 0 bridgehead atoms. The number of aromatic carboxylic acids is 1. The van der Waals surface area contributed by atoms with Gasteiger partial charge in [0.05, 0.1) is 5.69 Å². The molecule has 1 aromatic rings. The lowest BCUT2D eigenvalue weighted by Crippen LogP contribution is -2.08. The quantitative estimate of drug-likeness (QED) is 0.825. The van der Waals surface area contributed by atoms with E-state index in [2.05, 4.69) is 9.68 Å². The molecule has 0 unspecified atom stereocenters. The number of carboxylic acid groups (broad SMARTS) is 1. The minimum atomic E-state index is -4.28. The second-order valence-corrected chi connectivity index (χ2v) is 2.60. The first-order valence-electron chi connectivity index (χ1n) is 3.64. The third-order valence-corrected chi connectivity index (χ3v) is 1.43. The number of alkyl halides is 3. The molecule has 78 valence electrons. The molecular weight excluding hydrogens is 203 g/mol. The lowest BCUT2D eigenvalue weighted by Gasteiger charge is -2.02. The van der Waals surface area contributed by atoms with E-state index in [9.17, 15) is 18.0 Å². The van der Waals surface area contributed by atoms with Crippen molar-refractivity contribution in [2.45, 2.75) is 19.0 Å². The zero-order valence-corrected chi connectivity index (χ0v) is 6.84. The highest BCUT2D eigenvalue weighted by Crippen LogP contribution is 2.21. The standard InChI is InChI=1S/C7H6F3NO3/c8-7(9,10)2-1-4-3-5(6(12)13)14-11-4/h3H,1-2H2,(H,12,13). The SMILES string of the molecule is O=C(O)c1cc(CCC(F)(F)F)no1. The monoisotopic (exact) mass is 209 g/mol. The van der Waals surface area contributed by atoms with E-state index < -0.39 is 24.3 Å². The Balaban J connectivity index is 2.56. The van der Waals surface area contributed by atoms with Gasteiger partial charge in [-0.05, 0) is 0 Å². The maximum atomic E-state index is 11.7. The summed E-state index contributed by atoms with van der Waals surface area (Å²) in [5.41, 5.74) is -0.0141. The van der Waals surface area contributed by atoms with Crippen molar-refractivity contribution in [1.82, 2.24) is 5.16 Å². The zero-order valence-electron chi connectivity index (χ0n) is 6.84. The van der Waals surface area contributed by atoms with Crippen molar-refractivity contribution < 1.29 is 27.6 Å². The molecule has 0 fully saturated rings. The molecule has 0 saturated carbocycles. The Labute approximate surface area is 76.3 Å². The van der Waals surface area contributed by atoms with Crippen molar-refractivity contribution >= 4 is 5.97 Å². The Morgan fingerprint density at radius 3 is 2.64 bits per heavy atom. The fraction of sp³-hybridized carbons (Fsp3) is 0.429. The van der Waals surface area contributed by atoms with Gasteiger partial charge in [-0.1, -0.05) is 5.16 Å². The highest BCUT2D eigenvalue weighted by atomic mass is 19.4. The first-order valence-corrected chi connectivity index (χ1v) is 3.64. The second-order valence-electron chi connectivity index (χ2n) is 2.60. The topological polar surface area (TPSA) is 63.3 Å². The summed E-state index contributed by atoms with van der Waals surface area (Å²) in [6, 6.07) is 0.980. The summed E-state index contributed by atoms with van der Waals surface area (Å²) >= 11 is 0. The average molecular weight is 209 g/mol. The summed E-state index contributed by atoms with van der Waals surface area (Å²) < 4.78 is 39.5. The maximum Gasteiger partial charge on any atom is 0.389 e. The van der Waals surface area contributed by atoms with E-state index in [0.717, 1.165) is 6.07 Å². The molecule has 0 saturated heterocycles. The van der Waals surface area contributed by atoms with E-state index in [1.807, 2.05) is 0 Å². The van der Waals surface area contributed by atoms with Gasteiger partial charge in [0.15, 0.2) is 0 Å².